The van der Waals surface area contributed by atoms with Crippen LogP contribution in [0.15, 0.2) is 11.6 Å². The van der Waals surface area contributed by atoms with Gasteiger partial charge >= 0.3 is 17.9 Å². The molecule has 0 aromatic heterocycles. The van der Waals surface area contributed by atoms with E-state index in [4.69, 9.17) is 23.7 Å². The molecule has 0 aromatic rings. The number of allylic oxidation sites excluding steroid dienone is 2. The van der Waals surface area contributed by atoms with E-state index in [1.165, 1.54) is 7.11 Å². The van der Waals surface area contributed by atoms with Crippen molar-refractivity contribution in [2.24, 2.45) is 50.2 Å². The van der Waals surface area contributed by atoms with Crippen LogP contribution in [0.4, 0.5) is 0 Å². The number of aliphatic hydroxyl groups is 6. The standard InChI is InChI=1S/C42H64O16/c1-37(36(53)54-6)13-15-42(35(51)52)16-14-40(4)20(21(42)17-37)7-8-24-38(2)11-10-25(39(3,19-43)23(38)9-12-41(24,40)5)56-34-29(48)30(28(47)31(58-34)32(49)50)57-33-27(46)26(45)22(44)18-55-33/h7,21-31,33-34,43-48H,8-19H2,1-6H3,(H,49,50)(H,51,52)/t21-,22+,23+,24+,25-,26-,27+,28-,29+,30-,31-,33-,34+,37-,38-,39-,40+,41+,42-/m0/s1. The molecule has 4 saturated carbocycles. The van der Waals surface area contributed by atoms with Gasteiger partial charge in [0.05, 0.1) is 37.3 Å². The highest BCUT2D eigenvalue weighted by molar-refractivity contribution is 5.80. The number of methoxy groups -OCH3 is 1. The number of esters is 1. The highest BCUT2D eigenvalue weighted by Gasteiger charge is 2.70. The second kappa shape index (κ2) is 15.0. The molecule has 2 saturated heterocycles. The molecule has 0 unspecified atom stereocenters. The van der Waals surface area contributed by atoms with Crippen LogP contribution in [0.1, 0.15) is 98.8 Å². The number of fused-ring (bicyclic) bond motifs is 7. The van der Waals surface area contributed by atoms with E-state index in [1.54, 1.807) is 0 Å². The highest BCUT2D eigenvalue weighted by Crippen LogP contribution is 2.76. The minimum Gasteiger partial charge on any atom is -0.481 e. The van der Waals surface area contributed by atoms with Crippen molar-refractivity contribution in [1.82, 2.24) is 0 Å². The summed E-state index contributed by atoms with van der Waals surface area (Å²) in [6.45, 7) is 10.0. The Morgan fingerprint density at radius 2 is 1.50 bits per heavy atom. The van der Waals surface area contributed by atoms with Crippen LogP contribution in [-0.4, -0.2) is 140 Å². The zero-order valence-electron chi connectivity index (χ0n) is 34.4. The molecule has 0 aromatic carbocycles. The predicted molar refractivity (Wildman–Crippen MR) is 200 cm³/mol. The van der Waals surface area contributed by atoms with E-state index in [1.807, 2.05) is 13.8 Å². The van der Waals surface area contributed by atoms with Gasteiger partial charge in [-0.1, -0.05) is 39.3 Å². The summed E-state index contributed by atoms with van der Waals surface area (Å²) in [5.41, 5.74) is -2.41. The average Bonchev–Trinajstić information content (AvgIpc) is 3.18. The first-order chi connectivity index (χ1) is 27.1. The lowest BCUT2D eigenvalue weighted by Crippen LogP contribution is -2.67. The number of hydrogen-bond acceptors (Lipinski definition) is 14. The number of aliphatic hydroxyl groups excluding tert-OH is 6. The van der Waals surface area contributed by atoms with Gasteiger partial charge in [0.2, 0.25) is 0 Å². The molecule has 7 aliphatic rings. The summed E-state index contributed by atoms with van der Waals surface area (Å²) in [6.07, 6.45) is -8.14. The van der Waals surface area contributed by atoms with Crippen LogP contribution in [0.25, 0.3) is 0 Å². The maximum atomic E-state index is 13.2. The molecule has 6 fully saturated rings. The number of ether oxygens (including phenoxy) is 5. The maximum Gasteiger partial charge on any atom is 0.335 e. The summed E-state index contributed by atoms with van der Waals surface area (Å²) in [7, 11) is 1.38. The molecule has 16 heteroatoms. The monoisotopic (exact) mass is 824 g/mol. The normalized spacial score (nSPS) is 52.8. The topological polar surface area (TPSA) is 259 Å². The van der Waals surface area contributed by atoms with Gasteiger partial charge < -0.3 is 64.5 Å². The van der Waals surface area contributed by atoms with Crippen molar-refractivity contribution >= 4 is 17.9 Å². The summed E-state index contributed by atoms with van der Waals surface area (Å²) in [5, 5.41) is 85.1. The molecule has 0 bridgehead atoms. The van der Waals surface area contributed by atoms with Crippen molar-refractivity contribution < 1.29 is 78.9 Å². The maximum absolute atomic E-state index is 13.2. The average molecular weight is 825 g/mol. The number of hydrogen-bond donors (Lipinski definition) is 8. The van der Waals surface area contributed by atoms with E-state index in [-0.39, 0.29) is 46.6 Å². The summed E-state index contributed by atoms with van der Waals surface area (Å²) in [4.78, 5) is 38.6. The Labute approximate surface area is 338 Å². The molecule has 7 rings (SSSR count). The third-order valence-corrected chi connectivity index (χ3v) is 17.4. The van der Waals surface area contributed by atoms with E-state index < -0.39 is 96.2 Å². The third kappa shape index (κ3) is 6.25. The Morgan fingerprint density at radius 3 is 2.14 bits per heavy atom. The SMILES string of the molecule is COC(=O)[C@@]1(C)CC[C@]2(C(=O)O)CC[C@]3(C)C(=CC[C@@H]4[C@@]5(C)CC[C@H](O[C@@H]6O[C@H](C(=O)O)[C@@H](O)[C@H](O[C@@H]7OC[C@@H](O)[C@H](O)[C@H]7O)[C@H]6O)[C@@](C)(CO)[C@@H]5CC[C@]43C)[C@@H]2C1. The van der Waals surface area contributed by atoms with Crippen LogP contribution in [0, 0.1) is 50.2 Å². The van der Waals surface area contributed by atoms with Gasteiger partial charge in [-0.15, -0.1) is 0 Å². The smallest absolute Gasteiger partial charge is 0.335 e. The van der Waals surface area contributed by atoms with Crippen LogP contribution in [-0.2, 0) is 38.1 Å². The molecule has 58 heavy (non-hydrogen) atoms. The molecule has 0 spiro atoms. The molecule has 16 nitrogen and oxygen atoms in total. The lowest BCUT2D eigenvalue weighted by atomic mass is 9.33. The predicted octanol–water partition coefficient (Wildman–Crippen LogP) is 1.74. The molecule has 19 atom stereocenters. The molecule has 2 aliphatic heterocycles. The number of carboxylic acids is 2. The number of rotatable bonds is 8. The van der Waals surface area contributed by atoms with Crippen molar-refractivity contribution in [2.75, 3.05) is 20.3 Å². The van der Waals surface area contributed by atoms with Gasteiger partial charge in [-0.25, -0.2) is 4.79 Å². The first kappa shape index (κ1) is 43.8. The van der Waals surface area contributed by atoms with Crippen LogP contribution >= 0.6 is 0 Å². The molecule has 5 aliphatic carbocycles. The first-order valence-corrected chi connectivity index (χ1v) is 20.9. The van der Waals surface area contributed by atoms with Gasteiger partial charge in [-0.05, 0) is 105 Å². The Bertz CT molecular complexity index is 1660. The molecular formula is C42H64O16. The molecular weight excluding hydrogens is 760 g/mol. The van der Waals surface area contributed by atoms with Crippen LogP contribution < -0.4 is 0 Å². The zero-order valence-corrected chi connectivity index (χ0v) is 34.4. The van der Waals surface area contributed by atoms with E-state index in [0.717, 1.165) is 12.0 Å². The fourth-order valence-electron chi connectivity index (χ4n) is 13.7. The van der Waals surface area contributed by atoms with Crippen molar-refractivity contribution in [3.05, 3.63) is 11.6 Å². The molecule has 2 heterocycles. The van der Waals surface area contributed by atoms with Crippen LogP contribution in [0.5, 0.6) is 0 Å². The number of aliphatic carboxylic acids is 2. The van der Waals surface area contributed by atoms with E-state index in [2.05, 4.69) is 26.8 Å². The van der Waals surface area contributed by atoms with Gasteiger partial charge in [0, 0.05) is 5.41 Å². The summed E-state index contributed by atoms with van der Waals surface area (Å²) < 4.78 is 28.4. The third-order valence-electron chi connectivity index (χ3n) is 17.4. The van der Waals surface area contributed by atoms with E-state index >= 15 is 0 Å². The minimum absolute atomic E-state index is 0.0910. The largest absolute Gasteiger partial charge is 0.481 e. The van der Waals surface area contributed by atoms with Gasteiger partial charge in [0.15, 0.2) is 18.7 Å². The van der Waals surface area contributed by atoms with E-state index in [9.17, 15) is 55.2 Å². The zero-order chi connectivity index (χ0) is 42.5. The Hall–Kier alpha value is -2.25. The Morgan fingerprint density at radius 1 is 0.810 bits per heavy atom. The van der Waals surface area contributed by atoms with Gasteiger partial charge in [0.1, 0.15) is 36.6 Å². The van der Waals surface area contributed by atoms with Crippen molar-refractivity contribution in [3.8, 4) is 0 Å². The molecule has 328 valence electrons. The Balaban J connectivity index is 1.16. The van der Waals surface area contributed by atoms with Crippen LogP contribution in [0.2, 0.25) is 0 Å². The van der Waals surface area contributed by atoms with Crippen molar-refractivity contribution in [1.29, 1.82) is 0 Å². The summed E-state index contributed by atoms with van der Waals surface area (Å²) in [5.74, 6) is -2.93. The fourth-order valence-corrected chi connectivity index (χ4v) is 13.7. The number of carboxylic acid groups (broad SMARTS) is 2. The summed E-state index contributed by atoms with van der Waals surface area (Å²) >= 11 is 0. The van der Waals surface area contributed by atoms with Gasteiger partial charge in [-0.2, -0.15) is 0 Å². The highest BCUT2D eigenvalue weighted by atomic mass is 16.7. The van der Waals surface area contributed by atoms with Crippen molar-refractivity contribution in [3.63, 3.8) is 0 Å². The minimum atomic E-state index is -1.93. The molecule has 0 radical (unpaired) electrons. The summed E-state index contributed by atoms with van der Waals surface area (Å²) in [6, 6.07) is 0. The van der Waals surface area contributed by atoms with Crippen molar-refractivity contribution in [2.45, 2.75) is 160 Å². The van der Waals surface area contributed by atoms with Crippen LogP contribution in [0.3, 0.4) is 0 Å². The van der Waals surface area contributed by atoms with E-state index in [0.29, 0.717) is 57.8 Å². The van der Waals surface area contributed by atoms with Gasteiger partial charge in [0.25, 0.3) is 0 Å². The number of carbonyl (C=O) groups excluding carboxylic acids is 1. The first-order valence-electron chi connectivity index (χ1n) is 20.9. The quantitative estimate of drug-likeness (QED) is 0.0985. The second-order valence-corrected chi connectivity index (χ2v) is 20.0. The number of carbonyl (C=O) groups is 3. The molecule has 0 amide bonds. The van der Waals surface area contributed by atoms with Gasteiger partial charge in [-0.3, -0.25) is 9.59 Å². The Kier molecular flexibility index (Phi) is 11.3. The molecule has 8 N–H and O–H groups in total. The fraction of sp³-hybridized carbons (Fsp3) is 0.881. The lowest BCUT2D eigenvalue weighted by Gasteiger charge is -2.71. The second-order valence-electron chi connectivity index (χ2n) is 20.0. The lowest BCUT2D eigenvalue weighted by molar-refractivity contribution is -0.358.